The molecule has 0 aliphatic heterocycles. The van der Waals surface area contributed by atoms with Crippen molar-refractivity contribution in [3.8, 4) is 0 Å². The van der Waals surface area contributed by atoms with E-state index >= 15 is 0 Å². The van der Waals surface area contributed by atoms with Gasteiger partial charge in [0.2, 0.25) is 11.8 Å². The summed E-state index contributed by atoms with van der Waals surface area (Å²) in [6.07, 6.45) is -0.792. The molecule has 0 bridgehead atoms. The van der Waals surface area contributed by atoms with Gasteiger partial charge in [0.15, 0.2) is 0 Å². The first-order valence-electron chi connectivity index (χ1n) is 7.70. The van der Waals surface area contributed by atoms with Crippen LogP contribution in [-0.2, 0) is 25.6 Å². The van der Waals surface area contributed by atoms with Gasteiger partial charge in [0.05, 0.1) is 13.0 Å². The Bertz CT molecular complexity index is 651. The number of carbonyl (C=O) groups excluding carboxylic acids is 2. The van der Waals surface area contributed by atoms with E-state index in [4.69, 9.17) is 15.9 Å². The first-order valence-corrected chi connectivity index (χ1v) is 7.70. The number of carboxylic acids is 2. The van der Waals surface area contributed by atoms with Gasteiger partial charge in [-0.1, -0.05) is 30.3 Å². The zero-order chi connectivity index (χ0) is 19.7. The number of hydrogen-bond acceptors (Lipinski definition) is 6. The lowest BCUT2D eigenvalue weighted by atomic mass is 10.0. The zero-order valence-corrected chi connectivity index (χ0v) is 13.8. The first kappa shape index (κ1) is 21.1. The van der Waals surface area contributed by atoms with E-state index in [0.29, 0.717) is 5.56 Å². The summed E-state index contributed by atoms with van der Waals surface area (Å²) in [5.41, 5.74) is 5.97. The van der Waals surface area contributed by atoms with Crippen molar-refractivity contribution < 1.29 is 34.5 Å². The molecule has 3 unspecified atom stereocenters. The molecule has 0 aromatic heterocycles. The molecule has 0 saturated heterocycles. The summed E-state index contributed by atoms with van der Waals surface area (Å²) in [7, 11) is 0. The van der Waals surface area contributed by atoms with Crippen molar-refractivity contribution in [2.24, 2.45) is 5.73 Å². The van der Waals surface area contributed by atoms with Crippen LogP contribution >= 0.6 is 0 Å². The molecule has 0 fully saturated rings. The monoisotopic (exact) mass is 367 g/mol. The highest BCUT2D eigenvalue weighted by molar-refractivity contribution is 5.94. The van der Waals surface area contributed by atoms with E-state index in [0.717, 1.165) is 0 Å². The van der Waals surface area contributed by atoms with Crippen LogP contribution in [0.25, 0.3) is 0 Å². The molecule has 26 heavy (non-hydrogen) atoms. The maximum absolute atomic E-state index is 12.3. The summed E-state index contributed by atoms with van der Waals surface area (Å²) >= 11 is 0. The number of aliphatic carboxylic acids is 2. The fourth-order valence-electron chi connectivity index (χ4n) is 2.07. The van der Waals surface area contributed by atoms with Crippen LogP contribution in [0.1, 0.15) is 12.0 Å². The molecule has 1 rings (SSSR count). The lowest BCUT2D eigenvalue weighted by Crippen LogP contribution is -2.56. The van der Waals surface area contributed by atoms with Gasteiger partial charge in [-0.3, -0.25) is 14.4 Å². The minimum atomic E-state index is -1.53. The van der Waals surface area contributed by atoms with Gasteiger partial charge in [0.25, 0.3) is 0 Å². The number of aliphatic hydroxyl groups is 1. The maximum atomic E-state index is 12.3. The number of benzene rings is 1. The molecule has 142 valence electrons. The standard InChI is InChI=1S/C16H21N3O7/c17-10(8-20)14(23)18-11(7-13(21)22)15(24)19-12(16(25)26)6-9-4-2-1-3-5-9/h1-5,10-12,20H,6-8,17H2,(H,18,23)(H,19,24)(H,21,22)(H,25,26). The van der Waals surface area contributed by atoms with Crippen LogP contribution < -0.4 is 16.4 Å². The van der Waals surface area contributed by atoms with Crippen LogP contribution in [-0.4, -0.2) is 63.8 Å². The van der Waals surface area contributed by atoms with Gasteiger partial charge in [0.1, 0.15) is 18.1 Å². The SMILES string of the molecule is NC(CO)C(=O)NC(CC(=O)O)C(=O)NC(Cc1ccccc1)C(=O)O. The number of aliphatic hydroxyl groups excluding tert-OH is 1. The van der Waals surface area contributed by atoms with Gasteiger partial charge in [-0.2, -0.15) is 0 Å². The Morgan fingerprint density at radius 3 is 2.04 bits per heavy atom. The lowest BCUT2D eigenvalue weighted by molar-refractivity contribution is -0.143. The highest BCUT2D eigenvalue weighted by atomic mass is 16.4. The molecule has 10 heteroatoms. The summed E-state index contributed by atoms with van der Waals surface area (Å²) in [5.74, 6) is -4.59. The number of carboxylic acid groups (broad SMARTS) is 2. The van der Waals surface area contributed by atoms with Crippen LogP contribution in [0.5, 0.6) is 0 Å². The second-order valence-electron chi connectivity index (χ2n) is 5.54. The summed E-state index contributed by atoms with van der Waals surface area (Å²) in [6.45, 7) is -0.695. The molecule has 0 spiro atoms. The van der Waals surface area contributed by atoms with E-state index in [2.05, 4.69) is 10.6 Å². The molecule has 1 aromatic carbocycles. The molecule has 0 aliphatic rings. The van der Waals surface area contributed by atoms with Crippen LogP contribution in [0.15, 0.2) is 30.3 Å². The molecule has 0 radical (unpaired) electrons. The first-order chi connectivity index (χ1) is 12.2. The molecule has 1 aromatic rings. The largest absolute Gasteiger partial charge is 0.481 e. The van der Waals surface area contributed by atoms with Crippen LogP contribution in [0.4, 0.5) is 0 Å². The molecule has 10 nitrogen and oxygen atoms in total. The lowest BCUT2D eigenvalue weighted by Gasteiger charge is -2.21. The number of rotatable bonds is 10. The van der Waals surface area contributed by atoms with Crippen molar-refractivity contribution in [3.63, 3.8) is 0 Å². The Kier molecular flexibility index (Phi) is 8.19. The van der Waals surface area contributed by atoms with Crippen molar-refractivity contribution in [2.45, 2.75) is 31.0 Å². The zero-order valence-electron chi connectivity index (χ0n) is 13.8. The second kappa shape index (κ2) is 10.1. The van der Waals surface area contributed by atoms with E-state index in [1.807, 2.05) is 0 Å². The fourth-order valence-corrected chi connectivity index (χ4v) is 2.07. The summed E-state index contributed by atoms with van der Waals surface area (Å²) < 4.78 is 0. The minimum Gasteiger partial charge on any atom is -0.481 e. The van der Waals surface area contributed by atoms with Crippen molar-refractivity contribution in [1.82, 2.24) is 10.6 Å². The summed E-state index contributed by atoms with van der Waals surface area (Å²) in [6, 6.07) is 4.34. The van der Waals surface area contributed by atoms with Crippen molar-refractivity contribution in [1.29, 1.82) is 0 Å². The van der Waals surface area contributed by atoms with Crippen LogP contribution in [0.3, 0.4) is 0 Å². The van der Waals surface area contributed by atoms with Gasteiger partial charge in [-0.25, -0.2) is 4.79 Å². The molecule has 0 saturated carbocycles. The third-order valence-electron chi connectivity index (χ3n) is 3.44. The highest BCUT2D eigenvalue weighted by Gasteiger charge is 2.29. The average molecular weight is 367 g/mol. The number of hydrogen-bond donors (Lipinski definition) is 6. The Morgan fingerprint density at radius 2 is 1.54 bits per heavy atom. The van der Waals surface area contributed by atoms with Crippen molar-refractivity contribution in [3.05, 3.63) is 35.9 Å². The fraction of sp³-hybridized carbons (Fsp3) is 0.375. The Balaban J connectivity index is 2.85. The van der Waals surface area contributed by atoms with Gasteiger partial charge in [-0.05, 0) is 5.56 Å². The molecule has 0 aliphatic carbocycles. The number of nitrogens with one attached hydrogen (secondary N) is 2. The van der Waals surface area contributed by atoms with Crippen LogP contribution in [0, 0.1) is 0 Å². The second-order valence-corrected chi connectivity index (χ2v) is 5.54. The number of amides is 2. The maximum Gasteiger partial charge on any atom is 0.326 e. The smallest absolute Gasteiger partial charge is 0.326 e. The third kappa shape index (κ3) is 6.87. The van der Waals surface area contributed by atoms with E-state index in [-0.39, 0.29) is 6.42 Å². The summed E-state index contributed by atoms with van der Waals surface area (Å²) in [5, 5.41) is 31.3. The normalized spacial score (nSPS) is 13.9. The summed E-state index contributed by atoms with van der Waals surface area (Å²) in [4.78, 5) is 46.3. The number of nitrogens with two attached hydrogens (primary N) is 1. The Labute approximate surface area is 149 Å². The number of carbonyl (C=O) groups is 4. The van der Waals surface area contributed by atoms with E-state index in [9.17, 15) is 24.3 Å². The van der Waals surface area contributed by atoms with Gasteiger partial charge in [-0.15, -0.1) is 0 Å². The third-order valence-corrected chi connectivity index (χ3v) is 3.44. The van der Waals surface area contributed by atoms with E-state index in [1.165, 1.54) is 0 Å². The van der Waals surface area contributed by atoms with Crippen molar-refractivity contribution in [2.75, 3.05) is 6.61 Å². The highest BCUT2D eigenvalue weighted by Crippen LogP contribution is 2.05. The predicted molar refractivity (Wildman–Crippen MR) is 89.0 cm³/mol. The van der Waals surface area contributed by atoms with Crippen LogP contribution in [0.2, 0.25) is 0 Å². The molecular weight excluding hydrogens is 346 g/mol. The molecule has 3 atom stereocenters. The predicted octanol–water partition coefficient (Wildman–Crippen LogP) is -1.92. The minimum absolute atomic E-state index is 0.0220. The molecular formula is C16H21N3O7. The topological polar surface area (TPSA) is 179 Å². The average Bonchev–Trinajstić information content (AvgIpc) is 2.60. The van der Waals surface area contributed by atoms with Gasteiger partial charge in [0, 0.05) is 6.42 Å². The molecule has 0 heterocycles. The molecule has 7 N–H and O–H groups in total. The van der Waals surface area contributed by atoms with E-state index in [1.54, 1.807) is 30.3 Å². The molecule has 2 amide bonds. The Morgan fingerprint density at radius 1 is 0.962 bits per heavy atom. The Hall–Kier alpha value is -2.98. The van der Waals surface area contributed by atoms with Crippen molar-refractivity contribution >= 4 is 23.8 Å². The quantitative estimate of drug-likeness (QED) is 0.277. The van der Waals surface area contributed by atoms with E-state index < -0.39 is 54.9 Å². The van der Waals surface area contributed by atoms with Gasteiger partial charge < -0.3 is 31.7 Å². The van der Waals surface area contributed by atoms with Gasteiger partial charge >= 0.3 is 11.9 Å².